The van der Waals surface area contributed by atoms with E-state index in [0.29, 0.717) is 0 Å². The Kier molecular flexibility index (Phi) is 4.46. The van der Waals surface area contributed by atoms with Crippen LogP contribution in [0.4, 0.5) is 0 Å². The second-order valence-corrected chi connectivity index (χ2v) is 8.83. The van der Waals surface area contributed by atoms with Crippen molar-refractivity contribution in [1.29, 1.82) is 0 Å². The van der Waals surface area contributed by atoms with Gasteiger partial charge in [-0.05, 0) is 123 Å². The minimum absolute atomic E-state index is 0.108. The van der Waals surface area contributed by atoms with E-state index < -0.39 is 0 Å². The zero-order valence-corrected chi connectivity index (χ0v) is 18.1. The molecule has 2 aromatic carbocycles. The third-order valence-electron chi connectivity index (χ3n) is 4.65. The van der Waals surface area contributed by atoms with Crippen LogP contribution in [0.15, 0.2) is 42.2 Å². The number of halogens is 4. The van der Waals surface area contributed by atoms with Crippen molar-refractivity contribution >= 4 is 63.7 Å². The molecule has 110 valence electrons. The number of benzene rings is 2. The highest BCUT2D eigenvalue weighted by Gasteiger charge is 2.41. The zero-order chi connectivity index (χ0) is 15.4. The maximum Gasteiger partial charge on any atom is 0.0323 e. The normalized spacial score (nSPS) is 15.0. The molecular weight excluding hydrogens is 524 g/mol. The lowest BCUT2D eigenvalue weighted by molar-refractivity contribution is 0.490. The summed E-state index contributed by atoms with van der Waals surface area (Å²) < 4.78 is 4.46. The second-order valence-electron chi connectivity index (χ2n) is 5.41. The molecule has 0 unspecified atom stereocenters. The Hall–Kier alpha value is 0.360. The Bertz CT molecular complexity index is 671. The van der Waals surface area contributed by atoms with Crippen LogP contribution in [0.3, 0.4) is 0 Å². The van der Waals surface area contributed by atoms with Crippen molar-refractivity contribution < 1.29 is 0 Å². The third-order valence-corrected chi connectivity index (χ3v) is 8.34. The molecule has 0 amide bonds. The van der Waals surface area contributed by atoms with Gasteiger partial charge in [-0.25, -0.2) is 0 Å². The number of fused-ring (bicyclic) bond motifs is 3. The highest BCUT2D eigenvalue weighted by molar-refractivity contribution is 9.13. The SMILES string of the molecule is CCC1(CC)c2cc(Br)c(Br)cc2-c2cc(Br)c(Br)cc21. The Morgan fingerprint density at radius 1 is 0.667 bits per heavy atom. The summed E-state index contributed by atoms with van der Waals surface area (Å²) in [6.45, 7) is 4.57. The summed E-state index contributed by atoms with van der Waals surface area (Å²) >= 11 is 14.6. The standard InChI is InChI=1S/C17H14Br4/c1-3-17(4-2)11-7-15(20)13(18)5-9(11)10-6-14(19)16(21)8-12(10)17/h5-8H,3-4H2,1-2H3. The van der Waals surface area contributed by atoms with Gasteiger partial charge in [0.05, 0.1) is 0 Å². The topological polar surface area (TPSA) is 0 Å². The van der Waals surface area contributed by atoms with E-state index in [2.05, 4.69) is 102 Å². The van der Waals surface area contributed by atoms with Crippen LogP contribution in [0.25, 0.3) is 11.1 Å². The number of rotatable bonds is 2. The fourth-order valence-electron chi connectivity index (χ4n) is 3.49. The Morgan fingerprint density at radius 3 is 1.33 bits per heavy atom. The van der Waals surface area contributed by atoms with E-state index in [1.165, 1.54) is 22.3 Å². The molecule has 2 aromatic rings. The van der Waals surface area contributed by atoms with Crippen molar-refractivity contribution in [2.75, 3.05) is 0 Å². The molecule has 21 heavy (non-hydrogen) atoms. The van der Waals surface area contributed by atoms with E-state index in [-0.39, 0.29) is 5.41 Å². The molecule has 0 saturated carbocycles. The molecule has 0 aliphatic heterocycles. The van der Waals surface area contributed by atoms with Crippen molar-refractivity contribution in [3.63, 3.8) is 0 Å². The van der Waals surface area contributed by atoms with Crippen molar-refractivity contribution in [2.45, 2.75) is 32.1 Å². The third kappa shape index (κ3) is 2.32. The van der Waals surface area contributed by atoms with Gasteiger partial charge in [0.15, 0.2) is 0 Å². The first-order valence-corrected chi connectivity index (χ1v) is 10.1. The Morgan fingerprint density at radius 2 is 1.00 bits per heavy atom. The predicted octanol–water partition coefficient (Wildman–Crippen LogP) is 7.82. The van der Waals surface area contributed by atoms with Crippen molar-refractivity contribution in [3.8, 4) is 11.1 Å². The van der Waals surface area contributed by atoms with E-state index in [4.69, 9.17) is 0 Å². The zero-order valence-electron chi connectivity index (χ0n) is 11.7. The minimum atomic E-state index is 0.108. The first-order chi connectivity index (χ1) is 9.94. The lowest BCUT2D eigenvalue weighted by atomic mass is 9.74. The van der Waals surface area contributed by atoms with Crippen molar-refractivity contribution in [2.24, 2.45) is 0 Å². The van der Waals surface area contributed by atoms with Gasteiger partial charge in [0.2, 0.25) is 0 Å². The molecule has 0 aromatic heterocycles. The van der Waals surface area contributed by atoms with Crippen LogP contribution in [-0.4, -0.2) is 0 Å². The van der Waals surface area contributed by atoms with Gasteiger partial charge < -0.3 is 0 Å². The summed E-state index contributed by atoms with van der Waals surface area (Å²) in [4.78, 5) is 0. The molecule has 0 N–H and O–H groups in total. The van der Waals surface area contributed by atoms with E-state index in [1.807, 2.05) is 0 Å². The summed E-state index contributed by atoms with van der Waals surface area (Å²) in [6.07, 6.45) is 2.21. The smallest absolute Gasteiger partial charge is 0.0323 e. The molecule has 0 heterocycles. The van der Waals surface area contributed by atoms with Crippen LogP contribution >= 0.6 is 63.7 Å². The highest BCUT2D eigenvalue weighted by Crippen LogP contribution is 2.55. The van der Waals surface area contributed by atoms with E-state index in [9.17, 15) is 0 Å². The van der Waals surface area contributed by atoms with Gasteiger partial charge in [-0.1, -0.05) is 13.8 Å². The summed E-state index contributed by atoms with van der Waals surface area (Å²) in [5.41, 5.74) is 5.66. The van der Waals surface area contributed by atoms with Gasteiger partial charge in [-0.3, -0.25) is 0 Å². The van der Waals surface area contributed by atoms with Crippen LogP contribution in [0.5, 0.6) is 0 Å². The van der Waals surface area contributed by atoms with Crippen molar-refractivity contribution in [1.82, 2.24) is 0 Å². The van der Waals surface area contributed by atoms with Crippen LogP contribution in [0.1, 0.15) is 37.8 Å². The van der Waals surface area contributed by atoms with Crippen molar-refractivity contribution in [3.05, 3.63) is 53.3 Å². The molecule has 1 aliphatic carbocycles. The molecule has 0 radical (unpaired) electrons. The van der Waals surface area contributed by atoms with Gasteiger partial charge in [0.1, 0.15) is 0 Å². The van der Waals surface area contributed by atoms with Crippen LogP contribution in [0, 0.1) is 0 Å². The largest absolute Gasteiger partial charge is 0.0642 e. The average Bonchev–Trinajstić information content (AvgIpc) is 2.70. The average molecular weight is 538 g/mol. The molecule has 4 heteroatoms. The highest BCUT2D eigenvalue weighted by atomic mass is 79.9. The van der Waals surface area contributed by atoms with Crippen LogP contribution < -0.4 is 0 Å². The Balaban J connectivity index is 2.42. The van der Waals surface area contributed by atoms with Gasteiger partial charge in [-0.2, -0.15) is 0 Å². The molecule has 0 saturated heterocycles. The molecule has 1 aliphatic rings. The molecule has 0 nitrogen and oxygen atoms in total. The molecule has 0 atom stereocenters. The first-order valence-electron chi connectivity index (χ1n) is 6.94. The Labute approximate surface area is 159 Å². The van der Waals surface area contributed by atoms with Crippen LogP contribution in [-0.2, 0) is 5.41 Å². The van der Waals surface area contributed by atoms with E-state index >= 15 is 0 Å². The first kappa shape index (κ1) is 16.2. The molecule has 0 fully saturated rings. The quantitative estimate of drug-likeness (QED) is 0.366. The fraction of sp³-hybridized carbons (Fsp3) is 0.294. The van der Waals surface area contributed by atoms with Gasteiger partial charge in [0.25, 0.3) is 0 Å². The maximum absolute atomic E-state index is 3.67. The van der Waals surface area contributed by atoms with Gasteiger partial charge in [0, 0.05) is 23.3 Å². The fourth-order valence-corrected chi connectivity index (χ4v) is 4.86. The maximum atomic E-state index is 3.67. The lowest BCUT2D eigenvalue weighted by Gasteiger charge is -2.30. The number of hydrogen-bond donors (Lipinski definition) is 0. The van der Waals surface area contributed by atoms with Crippen LogP contribution in [0.2, 0.25) is 0 Å². The monoisotopic (exact) mass is 534 g/mol. The summed E-state index contributed by atoms with van der Waals surface area (Å²) in [6, 6.07) is 9.06. The molecular formula is C17H14Br4. The lowest BCUT2D eigenvalue weighted by Crippen LogP contribution is -2.23. The summed E-state index contributed by atoms with van der Waals surface area (Å²) in [5, 5.41) is 0. The molecule has 0 spiro atoms. The predicted molar refractivity (Wildman–Crippen MR) is 104 cm³/mol. The van der Waals surface area contributed by atoms with Gasteiger partial charge >= 0.3 is 0 Å². The summed E-state index contributed by atoms with van der Waals surface area (Å²) in [5.74, 6) is 0. The van der Waals surface area contributed by atoms with Gasteiger partial charge in [-0.15, -0.1) is 0 Å². The minimum Gasteiger partial charge on any atom is -0.0642 e. The number of hydrogen-bond acceptors (Lipinski definition) is 0. The van der Waals surface area contributed by atoms with E-state index in [1.54, 1.807) is 0 Å². The molecule has 3 rings (SSSR count). The molecule has 0 bridgehead atoms. The van der Waals surface area contributed by atoms with E-state index in [0.717, 1.165) is 30.7 Å². The summed E-state index contributed by atoms with van der Waals surface area (Å²) in [7, 11) is 0. The second kappa shape index (κ2) is 5.77.